The second-order valence-electron chi connectivity index (χ2n) is 8.67. The van der Waals surface area contributed by atoms with Gasteiger partial charge in [-0.05, 0) is 46.4 Å². The lowest BCUT2D eigenvalue weighted by Gasteiger charge is -2.53. The monoisotopic (exact) mass is 349 g/mol. The van der Waals surface area contributed by atoms with Crippen molar-refractivity contribution in [2.24, 2.45) is 5.92 Å². The molecular formula is C26H23N. The van der Waals surface area contributed by atoms with E-state index in [2.05, 4.69) is 98.1 Å². The highest BCUT2D eigenvalue weighted by molar-refractivity contribution is 5.79. The summed E-state index contributed by atoms with van der Waals surface area (Å²) in [6.07, 6.45) is 12.7. The zero-order valence-electron chi connectivity index (χ0n) is 15.8. The molecule has 0 amide bonds. The predicted octanol–water partition coefficient (Wildman–Crippen LogP) is 6.02. The van der Waals surface area contributed by atoms with Gasteiger partial charge >= 0.3 is 0 Å². The number of hydrogen-bond donors (Lipinski definition) is 1. The topological polar surface area (TPSA) is 12.0 Å². The van der Waals surface area contributed by atoms with Crippen LogP contribution in [0.15, 0.2) is 95.8 Å². The Balaban J connectivity index is 1.81. The van der Waals surface area contributed by atoms with Crippen molar-refractivity contribution in [3.8, 4) is 0 Å². The molecule has 3 aliphatic carbocycles. The van der Waals surface area contributed by atoms with Crippen LogP contribution in [-0.4, -0.2) is 0 Å². The van der Waals surface area contributed by atoms with E-state index in [4.69, 9.17) is 0 Å². The Morgan fingerprint density at radius 2 is 1.67 bits per heavy atom. The number of hydrogen-bond acceptors (Lipinski definition) is 1. The van der Waals surface area contributed by atoms with Crippen molar-refractivity contribution < 1.29 is 0 Å². The van der Waals surface area contributed by atoms with Gasteiger partial charge in [0.25, 0.3) is 0 Å². The molecule has 1 N–H and O–H groups in total. The molecule has 0 fully saturated rings. The normalized spacial score (nSPS) is 28.4. The molecule has 4 aliphatic rings. The van der Waals surface area contributed by atoms with Crippen LogP contribution >= 0.6 is 0 Å². The van der Waals surface area contributed by atoms with E-state index in [0.29, 0.717) is 5.92 Å². The van der Waals surface area contributed by atoms with Gasteiger partial charge in [0.05, 0.1) is 5.41 Å². The summed E-state index contributed by atoms with van der Waals surface area (Å²) in [4.78, 5) is 0. The van der Waals surface area contributed by atoms with Gasteiger partial charge in [-0.3, -0.25) is 0 Å². The second kappa shape index (κ2) is 4.92. The van der Waals surface area contributed by atoms with Gasteiger partial charge in [-0.2, -0.15) is 0 Å². The first-order valence-electron chi connectivity index (χ1n) is 9.90. The van der Waals surface area contributed by atoms with E-state index in [1.807, 2.05) is 0 Å². The summed E-state index contributed by atoms with van der Waals surface area (Å²) in [6, 6.07) is 18.0. The summed E-state index contributed by atoms with van der Waals surface area (Å²) in [5, 5.41) is 3.71. The molecule has 6 rings (SSSR count). The van der Waals surface area contributed by atoms with Crippen LogP contribution in [0, 0.1) is 5.92 Å². The lowest BCUT2D eigenvalue weighted by Crippen LogP contribution is -2.48. The van der Waals surface area contributed by atoms with Crippen molar-refractivity contribution in [3.05, 3.63) is 112 Å². The molecule has 2 unspecified atom stereocenters. The van der Waals surface area contributed by atoms with Crippen LogP contribution in [0.5, 0.6) is 0 Å². The van der Waals surface area contributed by atoms with Crippen molar-refractivity contribution >= 4 is 5.69 Å². The first-order chi connectivity index (χ1) is 13.1. The molecule has 27 heavy (non-hydrogen) atoms. The number of allylic oxidation sites excluding steroid dienone is 7. The smallest absolute Gasteiger partial charge is 0.0679 e. The van der Waals surface area contributed by atoms with Gasteiger partial charge in [0, 0.05) is 22.7 Å². The van der Waals surface area contributed by atoms with Crippen LogP contribution < -0.4 is 5.32 Å². The summed E-state index contributed by atoms with van der Waals surface area (Å²) in [5.74, 6) is 0.424. The minimum atomic E-state index is -0.166. The molecule has 1 spiro atoms. The molecule has 1 aliphatic heterocycles. The summed E-state index contributed by atoms with van der Waals surface area (Å²) < 4.78 is 0. The Kier molecular flexibility index (Phi) is 2.78. The minimum absolute atomic E-state index is 0.0905. The average Bonchev–Trinajstić information content (AvgIpc) is 3.36. The lowest BCUT2D eigenvalue weighted by atomic mass is 9.50. The highest BCUT2D eigenvalue weighted by atomic mass is 14.9. The average molecular weight is 349 g/mol. The van der Waals surface area contributed by atoms with Gasteiger partial charge in [0.15, 0.2) is 0 Å². The van der Waals surface area contributed by atoms with E-state index in [9.17, 15) is 0 Å². The largest absolute Gasteiger partial charge is 0.355 e. The molecule has 0 saturated heterocycles. The van der Waals surface area contributed by atoms with Crippen LogP contribution in [0.2, 0.25) is 0 Å². The number of para-hydroxylation sites is 1. The highest BCUT2D eigenvalue weighted by Gasteiger charge is 2.56. The van der Waals surface area contributed by atoms with Gasteiger partial charge < -0.3 is 5.32 Å². The molecule has 2 aromatic rings. The van der Waals surface area contributed by atoms with E-state index < -0.39 is 0 Å². The maximum atomic E-state index is 3.71. The SMILES string of the molecule is CC1(C)c2ccccc2C2(C3=CC=CC31)C1=C(C=CC1)Nc1ccccc12. The van der Waals surface area contributed by atoms with E-state index in [0.717, 1.165) is 6.42 Å². The van der Waals surface area contributed by atoms with E-state index in [1.54, 1.807) is 0 Å². The van der Waals surface area contributed by atoms with Crippen molar-refractivity contribution in [1.82, 2.24) is 0 Å². The molecule has 1 heteroatoms. The Morgan fingerprint density at radius 1 is 0.926 bits per heavy atom. The fraction of sp³-hybridized carbons (Fsp3) is 0.231. The van der Waals surface area contributed by atoms with Crippen LogP contribution in [-0.2, 0) is 10.8 Å². The van der Waals surface area contributed by atoms with Crippen molar-refractivity contribution in [2.75, 3.05) is 5.32 Å². The van der Waals surface area contributed by atoms with Crippen LogP contribution in [0.1, 0.15) is 37.0 Å². The maximum Gasteiger partial charge on any atom is 0.0679 e. The molecule has 0 radical (unpaired) electrons. The first-order valence-corrected chi connectivity index (χ1v) is 9.90. The van der Waals surface area contributed by atoms with E-state index in [-0.39, 0.29) is 10.8 Å². The zero-order chi connectivity index (χ0) is 18.2. The van der Waals surface area contributed by atoms with Crippen molar-refractivity contribution in [3.63, 3.8) is 0 Å². The summed E-state index contributed by atoms with van der Waals surface area (Å²) in [5.41, 5.74) is 9.84. The molecule has 2 atom stereocenters. The first kappa shape index (κ1) is 15.3. The van der Waals surface area contributed by atoms with Crippen LogP contribution in [0.3, 0.4) is 0 Å². The Labute approximate surface area is 160 Å². The molecule has 0 bridgehead atoms. The number of benzene rings is 2. The maximum absolute atomic E-state index is 3.71. The van der Waals surface area contributed by atoms with Gasteiger partial charge in [-0.1, -0.05) is 80.6 Å². The van der Waals surface area contributed by atoms with Crippen molar-refractivity contribution in [1.29, 1.82) is 0 Å². The van der Waals surface area contributed by atoms with Gasteiger partial charge in [-0.15, -0.1) is 0 Å². The predicted molar refractivity (Wildman–Crippen MR) is 112 cm³/mol. The van der Waals surface area contributed by atoms with Gasteiger partial charge in [0.2, 0.25) is 0 Å². The Morgan fingerprint density at radius 3 is 2.52 bits per heavy atom. The number of anilines is 1. The molecule has 2 aromatic carbocycles. The molecule has 1 heterocycles. The quantitative estimate of drug-likeness (QED) is 0.613. The summed E-state index contributed by atoms with van der Waals surface area (Å²) in [7, 11) is 0. The molecule has 0 saturated carbocycles. The third-order valence-corrected chi connectivity index (χ3v) is 7.13. The van der Waals surface area contributed by atoms with Crippen LogP contribution in [0.25, 0.3) is 0 Å². The van der Waals surface area contributed by atoms with E-state index >= 15 is 0 Å². The van der Waals surface area contributed by atoms with Crippen LogP contribution in [0.4, 0.5) is 5.69 Å². The second-order valence-corrected chi connectivity index (χ2v) is 8.67. The van der Waals surface area contributed by atoms with E-state index in [1.165, 1.54) is 39.2 Å². The Bertz CT molecular complexity index is 1110. The fourth-order valence-electron chi connectivity index (χ4n) is 6.00. The fourth-order valence-corrected chi connectivity index (χ4v) is 6.00. The molecule has 1 nitrogen and oxygen atoms in total. The third kappa shape index (κ3) is 1.66. The lowest BCUT2D eigenvalue weighted by molar-refractivity contribution is 0.368. The number of rotatable bonds is 0. The summed E-state index contributed by atoms with van der Waals surface area (Å²) >= 11 is 0. The number of nitrogens with one attached hydrogen (secondary N) is 1. The minimum Gasteiger partial charge on any atom is -0.355 e. The third-order valence-electron chi connectivity index (χ3n) is 7.13. The van der Waals surface area contributed by atoms with Crippen molar-refractivity contribution in [2.45, 2.75) is 31.1 Å². The Hall–Kier alpha value is -2.80. The molecule has 132 valence electrons. The standard InChI is InChI=1S/C26H23N/c1-25(2)17-9-3-4-10-19(17)26(20-13-7-12-18(20)25)21-11-5-6-15-23(21)27-24-16-8-14-22(24)26/h3-13,15-16,18,27H,14H2,1-2H3. The highest BCUT2D eigenvalue weighted by Crippen LogP contribution is 2.63. The number of fused-ring (bicyclic) bond motifs is 7. The van der Waals surface area contributed by atoms with Gasteiger partial charge in [-0.25, -0.2) is 0 Å². The molecular weight excluding hydrogens is 326 g/mol. The molecule has 0 aromatic heterocycles. The zero-order valence-corrected chi connectivity index (χ0v) is 15.8. The summed E-state index contributed by atoms with van der Waals surface area (Å²) in [6.45, 7) is 4.81. The van der Waals surface area contributed by atoms with Gasteiger partial charge in [0.1, 0.15) is 0 Å².